The third-order valence-corrected chi connectivity index (χ3v) is 4.19. The van der Waals surface area contributed by atoms with Crippen LogP contribution in [-0.4, -0.2) is 24.5 Å². The highest BCUT2D eigenvalue weighted by Gasteiger charge is 2.09. The molecule has 0 saturated carbocycles. The summed E-state index contributed by atoms with van der Waals surface area (Å²) in [6.07, 6.45) is 2.22. The Kier molecular flexibility index (Phi) is 6.21. The van der Waals surface area contributed by atoms with E-state index < -0.39 is 0 Å². The van der Waals surface area contributed by atoms with Crippen molar-refractivity contribution in [3.8, 4) is 11.8 Å². The molecule has 1 amide bonds. The lowest BCUT2D eigenvalue weighted by Crippen LogP contribution is -2.26. The van der Waals surface area contributed by atoms with E-state index in [0.717, 1.165) is 11.3 Å². The van der Waals surface area contributed by atoms with Crippen molar-refractivity contribution in [2.24, 2.45) is 0 Å². The maximum Gasteiger partial charge on any atom is 0.269 e. The predicted molar refractivity (Wildman–Crippen MR) is 108 cm³/mol. The van der Waals surface area contributed by atoms with Gasteiger partial charge in [-0.1, -0.05) is 30.3 Å². The first-order chi connectivity index (χ1) is 13.7. The molecule has 0 spiro atoms. The summed E-state index contributed by atoms with van der Waals surface area (Å²) < 4.78 is 5.32. The van der Waals surface area contributed by atoms with Gasteiger partial charge in [0.1, 0.15) is 17.5 Å². The van der Waals surface area contributed by atoms with Gasteiger partial charge in [-0.15, -0.1) is 0 Å². The molecule has 0 atom stereocenters. The molecule has 1 aromatic heterocycles. The molecule has 3 rings (SSSR count). The number of hydrogen-bond acceptors (Lipinski definition) is 5. The summed E-state index contributed by atoms with van der Waals surface area (Å²) in [5, 5.41) is 15.2. The van der Waals surface area contributed by atoms with Crippen LogP contribution >= 0.6 is 0 Å². The molecule has 0 fully saturated rings. The number of carbonyl (C=O) groups is 1. The Balaban J connectivity index is 1.63. The average Bonchev–Trinajstić information content (AvgIpc) is 2.74. The Morgan fingerprint density at radius 2 is 1.93 bits per heavy atom. The van der Waals surface area contributed by atoms with E-state index in [9.17, 15) is 10.1 Å². The fraction of sp³-hybridized carbons (Fsp3) is 0.136. The maximum atomic E-state index is 12.4. The zero-order valence-corrected chi connectivity index (χ0v) is 15.5. The highest BCUT2D eigenvalue weighted by Crippen LogP contribution is 2.20. The standard InChI is InChI=1S/C22H20N4O2/c1-28-21-9-5-3-6-16(21)10-12-25-22(27)20-14-18(11-13-24-20)26-19-8-4-2-7-17(19)15-23/h2-9,11,13-14H,10,12H2,1H3,(H,24,26)(H,25,27). The minimum absolute atomic E-state index is 0.257. The normalized spacial score (nSPS) is 10.0. The smallest absolute Gasteiger partial charge is 0.269 e. The summed E-state index contributed by atoms with van der Waals surface area (Å²) in [5.41, 5.74) is 3.23. The van der Waals surface area contributed by atoms with Crippen molar-refractivity contribution in [2.75, 3.05) is 19.0 Å². The average molecular weight is 372 g/mol. The number of pyridine rings is 1. The summed E-state index contributed by atoms with van der Waals surface area (Å²) in [6.45, 7) is 0.468. The van der Waals surface area contributed by atoms with Crippen LogP contribution in [0, 0.1) is 11.3 Å². The Labute approximate surface area is 163 Å². The molecule has 0 aliphatic rings. The summed E-state index contributed by atoms with van der Waals surface area (Å²) in [5.74, 6) is 0.546. The molecule has 28 heavy (non-hydrogen) atoms. The first-order valence-electron chi connectivity index (χ1n) is 8.83. The van der Waals surface area contributed by atoms with Gasteiger partial charge in [0.15, 0.2) is 0 Å². The number of methoxy groups -OCH3 is 1. The molecule has 6 heteroatoms. The van der Waals surface area contributed by atoms with E-state index in [1.54, 1.807) is 37.6 Å². The van der Waals surface area contributed by atoms with E-state index in [0.29, 0.717) is 35.6 Å². The van der Waals surface area contributed by atoms with Gasteiger partial charge >= 0.3 is 0 Å². The molecule has 0 unspecified atom stereocenters. The number of benzene rings is 2. The summed E-state index contributed by atoms with van der Waals surface area (Å²) in [7, 11) is 1.63. The fourth-order valence-corrected chi connectivity index (χ4v) is 2.79. The SMILES string of the molecule is COc1ccccc1CCNC(=O)c1cc(Nc2ccccc2C#N)ccn1. The van der Waals surface area contributed by atoms with Crippen molar-refractivity contribution in [2.45, 2.75) is 6.42 Å². The van der Waals surface area contributed by atoms with E-state index in [-0.39, 0.29) is 5.91 Å². The van der Waals surface area contributed by atoms with Crippen LogP contribution in [0.2, 0.25) is 0 Å². The van der Waals surface area contributed by atoms with E-state index >= 15 is 0 Å². The first kappa shape index (κ1) is 18.9. The Morgan fingerprint density at radius 1 is 1.14 bits per heavy atom. The van der Waals surface area contributed by atoms with Crippen LogP contribution < -0.4 is 15.4 Å². The Morgan fingerprint density at radius 3 is 2.75 bits per heavy atom. The molecule has 140 valence electrons. The zero-order chi connectivity index (χ0) is 19.8. The van der Waals surface area contributed by atoms with Gasteiger partial charge in [0.25, 0.3) is 5.91 Å². The minimum Gasteiger partial charge on any atom is -0.496 e. The van der Waals surface area contributed by atoms with Crippen molar-refractivity contribution < 1.29 is 9.53 Å². The van der Waals surface area contributed by atoms with Crippen molar-refractivity contribution in [1.82, 2.24) is 10.3 Å². The lowest BCUT2D eigenvalue weighted by molar-refractivity contribution is 0.0949. The molecule has 0 bridgehead atoms. The van der Waals surface area contributed by atoms with Gasteiger partial charge in [0.05, 0.1) is 18.4 Å². The number of rotatable bonds is 7. The molecular formula is C22H20N4O2. The fourth-order valence-electron chi connectivity index (χ4n) is 2.79. The maximum absolute atomic E-state index is 12.4. The molecule has 0 radical (unpaired) electrons. The van der Waals surface area contributed by atoms with Crippen LogP contribution in [0.15, 0.2) is 66.9 Å². The number of nitriles is 1. The van der Waals surface area contributed by atoms with Gasteiger partial charge in [0, 0.05) is 18.4 Å². The second-order valence-corrected chi connectivity index (χ2v) is 6.03. The van der Waals surface area contributed by atoms with Crippen LogP contribution in [0.1, 0.15) is 21.6 Å². The van der Waals surface area contributed by atoms with Crippen LogP contribution in [0.25, 0.3) is 0 Å². The van der Waals surface area contributed by atoms with Gasteiger partial charge in [0.2, 0.25) is 0 Å². The number of nitrogens with zero attached hydrogens (tertiary/aromatic N) is 2. The van der Waals surface area contributed by atoms with Gasteiger partial charge in [-0.3, -0.25) is 9.78 Å². The van der Waals surface area contributed by atoms with Gasteiger partial charge in [-0.25, -0.2) is 0 Å². The van der Waals surface area contributed by atoms with Crippen LogP contribution in [-0.2, 0) is 6.42 Å². The number of hydrogen-bond donors (Lipinski definition) is 2. The van der Waals surface area contributed by atoms with E-state index in [1.165, 1.54) is 0 Å². The monoisotopic (exact) mass is 372 g/mol. The van der Waals surface area contributed by atoms with Crippen molar-refractivity contribution in [3.63, 3.8) is 0 Å². The number of carbonyl (C=O) groups excluding carboxylic acids is 1. The van der Waals surface area contributed by atoms with E-state index in [1.807, 2.05) is 36.4 Å². The van der Waals surface area contributed by atoms with E-state index in [2.05, 4.69) is 21.7 Å². The second kappa shape index (κ2) is 9.19. The van der Waals surface area contributed by atoms with E-state index in [4.69, 9.17) is 4.74 Å². The molecule has 0 aliphatic heterocycles. The van der Waals surface area contributed by atoms with Crippen LogP contribution in [0.4, 0.5) is 11.4 Å². The summed E-state index contributed by atoms with van der Waals surface area (Å²) >= 11 is 0. The molecular weight excluding hydrogens is 352 g/mol. The molecule has 2 N–H and O–H groups in total. The predicted octanol–water partition coefficient (Wildman–Crippen LogP) is 3.68. The number of amides is 1. The number of nitrogens with one attached hydrogen (secondary N) is 2. The van der Waals surface area contributed by atoms with Crippen molar-refractivity contribution >= 4 is 17.3 Å². The Bertz CT molecular complexity index is 1010. The lowest BCUT2D eigenvalue weighted by Gasteiger charge is -2.10. The number of ether oxygens (including phenoxy) is 1. The molecule has 3 aromatic rings. The zero-order valence-electron chi connectivity index (χ0n) is 15.5. The lowest BCUT2D eigenvalue weighted by atomic mass is 10.1. The first-order valence-corrected chi connectivity index (χ1v) is 8.83. The summed E-state index contributed by atoms with van der Waals surface area (Å²) in [6, 6.07) is 20.5. The molecule has 2 aromatic carbocycles. The number of aromatic nitrogens is 1. The highest BCUT2D eigenvalue weighted by molar-refractivity contribution is 5.93. The topological polar surface area (TPSA) is 87.0 Å². The quantitative estimate of drug-likeness (QED) is 0.661. The molecule has 6 nitrogen and oxygen atoms in total. The number of anilines is 2. The van der Waals surface area contributed by atoms with Gasteiger partial charge < -0.3 is 15.4 Å². The second-order valence-electron chi connectivity index (χ2n) is 6.03. The third kappa shape index (κ3) is 4.65. The van der Waals surface area contributed by atoms with Gasteiger partial charge in [-0.05, 0) is 42.3 Å². The largest absolute Gasteiger partial charge is 0.496 e. The third-order valence-electron chi connectivity index (χ3n) is 4.19. The highest BCUT2D eigenvalue weighted by atomic mass is 16.5. The van der Waals surface area contributed by atoms with Gasteiger partial charge in [-0.2, -0.15) is 5.26 Å². The van der Waals surface area contributed by atoms with Crippen molar-refractivity contribution in [1.29, 1.82) is 5.26 Å². The molecule has 1 heterocycles. The van der Waals surface area contributed by atoms with Crippen LogP contribution in [0.3, 0.4) is 0 Å². The molecule has 0 aliphatic carbocycles. The minimum atomic E-state index is -0.257. The Hall–Kier alpha value is -3.85. The van der Waals surface area contributed by atoms with Crippen molar-refractivity contribution in [3.05, 3.63) is 83.7 Å². The summed E-state index contributed by atoms with van der Waals surface area (Å²) in [4.78, 5) is 16.6. The number of para-hydroxylation sites is 2. The van der Waals surface area contributed by atoms with Crippen LogP contribution in [0.5, 0.6) is 5.75 Å². The molecule has 0 saturated heterocycles.